The summed E-state index contributed by atoms with van der Waals surface area (Å²) in [5.41, 5.74) is 2.17. The highest BCUT2D eigenvalue weighted by atomic mass is 16.5. The maximum Gasteiger partial charge on any atom is 0.279 e. The van der Waals surface area contributed by atoms with Crippen LogP contribution in [0, 0.1) is 0 Å². The van der Waals surface area contributed by atoms with Gasteiger partial charge in [-0.2, -0.15) is 5.10 Å². The molecule has 0 saturated carbocycles. The maximum atomic E-state index is 12.5. The number of hydrogen-bond acceptors (Lipinski definition) is 5. The second-order valence-corrected chi connectivity index (χ2v) is 6.65. The molecule has 142 valence electrons. The van der Waals surface area contributed by atoms with E-state index in [1.807, 2.05) is 67.1 Å². The van der Waals surface area contributed by atoms with E-state index in [4.69, 9.17) is 9.26 Å². The highest BCUT2D eigenvalue weighted by Crippen LogP contribution is 2.33. The zero-order chi connectivity index (χ0) is 19.5. The number of amides is 1. The molecule has 2 aromatic heterocycles. The van der Waals surface area contributed by atoms with Crippen molar-refractivity contribution in [3.63, 3.8) is 0 Å². The van der Waals surface area contributed by atoms with Crippen LogP contribution in [-0.2, 0) is 6.54 Å². The lowest BCUT2D eigenvalue weighted by Gasteiger charge is -2.11. The summed E-state index contributed by atoms with van der Waals surface area (Å²) in [6.45, 7) is 4.49. The van der Waals surface area contributed by atoms with Crippen LogP contribution >= 0.6 is 0 Å². The second-order valence-electron chi connectivity index (χ2n) is 6.65. The molecule has 0 aliphatic carbocycles. The van der Waals surface area contributed by atoms with Gasteiger partial charge >= 0.3 is 0 Å². The van der Waals surface area contributed by atoms with Crippen LogP contribution in [0.5, 0.6) is 5.75 Å². The quantitative estimate of drug-likeness (QED) is 0.547. The van der Waals surface area contributed by atoms with Gasteiger partial charge in [-0.05, 0) is 31.5 Å². The molecule has 4 aromatic rings. The van der Waals surface area contributed by atoms with E-state index in [1.165, 1.54) is 12.3 Å². The van der Waals surface area contributed by atoms with Crippen molar-refractivity contribution in [1.29, 1.82) is 0 Å². The molecule has 2 aromatic carbocycles. The zero-order valence-electron chi connectivity index (χ0n) is 15.6. The third-order valence-corrected chi connectivity index (χ3v) is 4.18. The van der Waals surface area contributed by atoms with Crippen molar-refractivity contribution in [3.8, 4) is 5.75 Å². The summed E-state index contributed by atoms with van der Waals surface area (Å²) < 4.78 is 12.6. The SMILES string of the molecule is CC(C)Oc1cccc2c1c(NC(=O)c1ccon1)nn2Cc1ccccc1. The summed E-state index contributed by atoms with van der Waals surface area (Å²) in [4.78, 5) is 12.5. The Balaban J connectivity index is 1.78. The number of anilines is 1. The van der Waals surface area contributed by atoms with Gasteiger partial charge in [-0.25, -0.2) is 0 Å². The molecular formula is C21H20N4O3. The summed E-state index contributed by atoms with van der Waals surface area (Å²) in [6.07, 6.45) is 1.34. The van der Waals surface area contributed by atoms with E-state index in [9.17, 15) is 4.79 Å². The van der Waals surface area contributed by atoms with Crippen molar-refractivity contribution < 1.29 is 14.1 Å². The van der Waals surface area contributed by atoms with Gasteiger partial charge < -0.3 is 14.6 Å². The van der Waals surface area contributed by atoms with E-state index in [1.54, 1.807) is 0 Å². The average molecular weight is 376 g/mol. The number of fused-ring (bicyclic) bond motifs is 1. The molecule has 0 bridgehead atoms. The van der Waals surface area contributed by atoms with Gasteiger partial charge in [0, 0.05) is 6.07 Å². The third-order valence-electron chi connectivity index (χ3n) is 4.18. The van der Waals surface area contributed by atoms with Crippen molar-refractivity contribution in [2.45, 2.75) is 26.5 Å². The van der Waals surface area contributed by atoms with Gasteiger partial charge in [-0.1, -0.05) is 41.6 Å². The first-order valence-electron chi connectivity index (χ1n) is 9.03. The molecule has 0 saturated heterocycles. The van der Waals surface area contributed by atoms with E-state index in [0.29, 0.717) is 18.1 Å². The van der Waals surface area contributed by atoms with Gasteiger partial charge in [0.15, 0.2) is 11.5 Å². The van der Waals surface area contributed by atoms with Crippen molar-refractivity contribution in [1.82, 2.24) is 14.9 Å². The molecule has 4 rings (SSSR count). The first-order valence-corrected chi connectivity index (χ1v) is 9.03. The number of aromatic nitrogens is 3. The second kappa shape index (κ2) is 7.56. The number of hydrogen-bond donors (Lipinski definition) is 1. The van der Waals surface area contributed by atoms with Crippen LogP contribution in [0.15, 0.2) is 65.4 Å². The molecule has 7 nitrogen and oxygen atoms in total. The molecule has 0 aliphatic rings. The van der Waals surface area contributed by atoms with Gasteiger partial charge in [-0.3, -0.25) is 9.48 Å². The van der Waals surface area contributed by atoms with Crippen molar-refractivity contribution >= 4 is 22.6 Å². The number of nitrogens with one attached hydrogen (secondary N) is 1. The Hall–Kier alpha value is -3.61. The minimum Gasteiger partial charge on any atom is -0.490 e. The van der Waals surface area contributed by atoms with Gasteiger partial charge in [-0.15, -0.1) is 0 Å². The molecule has 0 radical (unpaired) electrons. The molecule has 0 atom stereocenters. The number of benzene rings is 2. The zero-order valence-corrected chi connectivity index (χ0v) is 15.6. The number of carbonyl (C=O) groups excluding carboxylic acids is 1. The number of rotatable bonds is 6. The lowest BCUT2D eigenvalue weighted by atomic mass is 10.2. The Morgan fingerprint density at radius 1 is 1.14 bits per heavy atom. The van der Waals surface area contributed by atoms with Crippen LogP contribution in [0.4, 0.5) is 5.82 Å². The Morgan fingerprint density at radius 3 is 2.68 bits per heavy atom. The molecule has 0 fully saturated rings. The van der Waals surface area contributed by atoms with Crippen LogP contribution < -0.4 is 10.1 Å². The van der Waals surface area contributed by atoms with Crippen LogP contribution in [0.3, 0.4) is 0 Å². The lowest BCUT2D eigenvalue weighted by Crippen LogP contribution is -2.13. The van der Waals surface area contributed by atoms with Gasteiger partial charge in [0.05, 0.1) is 23.6 Å². The van der Waals surface area contributed by atoms with Crippen molar-refractivity contribution in [2.75, 3.05) is 5.32 Å². The summed E-state index contributed by atoms with van der Waals surface area (Å²) in [5.74, 6) is 0.705. The highest BCUT2D eigenvalue weighted by Gasteiger charge is 2.19. The monoisotopic (exact) mass is 376 g/mol. The molecule has 2 heterocycles. The fourth-order valence-corrected chi connectivity index (χ4v) is 3.01. The van der Waals surface area contributed by atoms with E-state index in [-0.39, 0.29) is 17.7 Å². The molecule has 0 spiro atoms. The predicted octanol–water partition coefficient (Wildman–Crippen LogP) is 4.11. The Labute approximate surface area is 161 Å². The van der Waals surface area contributed by atoms with E-state index in [2.05, 4.69) is 15.6 Å². The largest absolute Gasteiger partial charge is 0.490 e. The maximum absolute atomic E-state index is 12.5. The van der Waals surface area contributed by atoms with Gasteiger partial charge in [0.1, 0.15) is 12.0 Å². The molecule has 7 heteroatoms. The predicted molar refractivity (Wildman–Crippen MR) is 105 cm³/mol. The first kappa shape index (κ1) is 17.8. The summed E-state index contributed by atoms with van der Waals surface area (Å²) >= 11 is 0. The molecule has 0 unspecified atom stereocenters. The fourth-order valence-electron chi connectivity index (χ4n) is 3.01. The normalized spacial score (nSPS) is 11.1. The molecular weight excluding hydrogens is 356 g/mol. The van der Waals surface area contributed by atoms with Crippen LogP contribution in [0.25, 0.3) is 10.9 Å². The van der Waals surface area contributed by atoms with E-state index in [0.717, 1.165) is 16.5 Å². The van der Waals surface area contributed by atoms with Crippen LogP contribution in [-0.4, -0.2) is 26.9 Å². The van der Waals surface area contributed by atoms with Gasteiger partial charge in [0.2, 0.25) is 0 Å². The standard InChI is InChI=1S/C21H20N4O3/c1-14(2)28-18-10-6-9-17-19(18)20(22-21(26)16-11-12-27-24-16)23-25(17)13-15-7-4-3-5-8-15/h3-12,14H,13H2,1-2H3,(H,22,23,26). The van der Waals surface area contributed by atoms with Crippen LogP contribution in [0.1, 0.15) is 29.9 Å². The molecule has 0 aliphatic heterocycles. The minimum absolute atomic E-state index is 0.0119. The number of carbonyl (C=O) groups is 1. The van der Waals surface area contributed by atoms with E-state index < -0.39 is 0 Å². The lowest BCUT2D eigenvalue weighted by molar-refractivity contribution is 0.101. The summed E-state index contributed by atoms with van der Waals surface area (Å²) in [5, 5.41) is 11.9. The topological polar surface area (TPSA) is 82.2 Å². The third kappa shape index (κ3) is 3.59. The molecule has 28 heavy (non-hydrogen) atoms. The highest BCUT2D eigenvalue weighted by molar-refractivity contribution is 6.08. The summed E-state index contributed by atoms with van der Waals surface area (Å²) in [7, 11) is 0. The smallest absolute Gasteiger partial charge is 0.279 e. The Kier molecular flexibility index (Phi) is 4.80. The van der Waals surface area contributed by atoms with Gasteiger partial charge in [0.25, 0.3) is 5.91 Å². The van der Waals surface area contributed by atoms with Crippen molar-refractivity contribution in [2.24, 2.45) is 0 Å². The van der Waals surface area contributed by atoms with Crippen LogP contribution in [0.2, 0.25) is 0 Å². The summed E-state index contributed by atoms with van der Waals surface area (Å²) in [6, 6.07) is 17.3. The minimum atomic E-state index is -0.389. The Morgan fingerprint density at radius 2 is 1.96 bits per heavy atom. The fraction of sp³-hybridized carbons (Fsp3) is 0.190. The molecule has 1 N–H and O–H groups in total. The van der Waals surface area contributed by atoms with E-state index >= 15 is 0 Å². The van der Waals surface area contributed by atoms with Crippen molar-refractivity contribution in [3.05, 3.63) is 72.1 Å². The first-order chi connectivity index (χ1) is 13.6. The Bertz CT molecular complexity index is 1090. The average Bonchev–Trinajstić information content (AvgIpc) is 3.32. The number of ether oxygens (including phenoxy) is 1. The number of nitrogens with zero attached hydrogens (tertiary/aromatic N) is 3. The molecule has 1 amide bonds.